The highest BCUT2D eigenvalue weighted by molar-refractivity contribution is 5.91. The zero-order chi connectivity index (χ0) is 13.8. The maximum Gasteiger partial charge on any atom is 0.308 e. The molecule has 0 amide bonds. The Hall–Kier alpha value is -2.10. The van der Waals surface area contributed by atoms with Crippen LogP contribution >= 0.6 is 0 Å². The number of hydrogen-bond donors (Lipinski definition) is 2. The molecule has 1 unspecified atom stereocenters. The zero-order valence-electron chi connectivity index (χ0n) is 11.1. The van der Waals surface area contributed by atoms with Crippen molar-refractivity contribution in [2.45, 2.75) is 13.8 Å². The van der Waals surface area contributed by atoms with E-state index in [1.54, 1.807) is 6.20 Å². The van der Waals surface area contributed by atoms with Crippen LogP contribution in [0.4, 0.5) is 5.82 Å². The molecule has 0 saturated carbocycles. The summed E-state index contributed by atoms with van der Waals surface area (Å²) in [5, 5.41) is 14.4. The summed E-state index contributed by atoms with van der Waals surface area (Å²) in [6, 6.07) is 9.86. The molecule has 1 heterocycles. The van der Waals surface area contributed by atoms with E-state index in [2.05, 4.69) is 10.3 Å². The fourth-order valence-electron chi connectivity index (χ4n) is 2.08. The summed E-state index contributed by atoms with van der Waals surface area (Å²) in [6.45, 7) is 4.21. The van der Waals surface area contributed by atoms with Crippen LogP contribution in [0.1, 0.15) is 13.8 Å². The van der Waals surface area contributed by atoms with Crippen LogP contribution in [0.25, 0.3) is 10.8 Å². The Kier molecular flexibility index (Phi) is 4.00. The van der Waals surface area contributed by atoms with E-state index >= 15 is 0 Å². The maximum atomic E-state index is 11.2. The highest BCUT2D eigenvalue weighted by Crippen LogP contribution is 2.21. The minimum atomic E-state index is -0.775. The Labute approximate surface area is 112 Å². The molecule has 0 bridgehead atoms. The molecule has 1 atom stereocenters. The molecule has 0 radical (unpaired) electrons. The van der Waals surface area contributed by atoms with Crippen LogP contribution in [0.15, 0.2) is 36.5 Å². The molecular weight excluding hydrogens is 240 g/mol. The van der Waals surface area contributed by atoms with E-state index in [1.807, 2.05) is 44.2 Å². The summed E-state index contributed by atoms with van der Waals surface area (Å²) in [5.74, 6) is -0.367. The van der Waals surface area contributed by atoms with E-state index in [9.17, 15) is 9.90 Å². The van der Waals surface area contributed by atoms with Crippen LogP contribution in [-0.2, 0) is 4.79 Å². The fourth-order valence-corrected chi connectivity index (χ4v) is 2.08. The number of carboxylic acid groups (broad SMARTS) is 1. The average Bonchev–Trinajstić information content (AvgIpc) is 2.38. The van der Waals surface area contributed by atoms with Crippen LogP contribution < -0.4 is 5.32 Å². The number of benzene rings is 1. The Morgan fingerprint density at radius 2 is 2.05 bits per heavy atom. The van der Waals surface area contributed by atoms with Crippen molar-refractivity contribution in [2.24, 2.45) is 11.8 Å². The Morgan fingerprint density at radius 1 is 1.32 bits per heavy atom. The van der Waals surface area contributed by atoms with Gasteiger partial charge in [0.25, 0.3) is 0 Å². The summed E-state index contributed by atoms with van der Waals surface area (Å²) in [6.07, 6.45) is 1.73. The standard InChI is InChI=1S/C15H18N2O2/c1-10(2)13(15(18)19)9-17-14-12-6-4-3-5-11(12)7-8-16-14/h3-8,10,13H,9H2,1-2H3,(H,16,17)(H,18,19). The lowest BCUT2D eigenvalue weighted by molar-refractivity contribution is -0.142. The van der Waals surface area contributed by atoms with Crippen LogP contribution in [0.3, 0.4) is 0 Å². The first-order valence-corrected chi connectivity index (χ1v) is 6.40. The number of nitrogens with one attached hydrogen (secondary N) is 1. The number of nitrogens with zero attached hydrogens (tertiary/aromatic N) is 1. The molecule has 0 fully saturated rings. The number of fused-ring (bicyclic) bond motifs is 1. The van der Waals surface area contributed by atoms with E-state index in [-0.39, 0.29) is 5.92 Å². The minimum Gasteiger partial charge on any atom is -0.481 e. The van der Waals surface area contributed by atoms with Gasteiger partial charge < -0.3 is 10.4 Å². The van der Waals surface area contributed by atoms with E-state index in [0.717, 1.165) is 16.6 Å². The molecular formula is C15H18N2O2. The van der Waals surface area contributed by atoms with Gasteiger partial charge in [-0.15, -0.1) is 0 Å². The van der Waals surface area contributed by atoms with Crippen molar-refractivity contribution in [3.8, 4) is 0 Å². The van der Waals surface area contributed by atoms with Crippen molar-refractivity contribution in [3.63, 3.8) is 0 Å². The fraction of sp³-hybridized carbons (Fsp3) is 0.333. The molecule has 2 N–H and O–H groups in total. The molecule has 0 saturated heterocycles. The van der Waals surface area contributed by atoms with Crippen LogP contribution in [0.2, 0.25) is 0 Å². The molecule has 4 heteroatoms. The second-order valence-corrected chi connectivity index (χ2v) is 4.95. The second kappa shape index (κ2) is 5.69. The van der Waals surface area contributed by atoms with Crippen molar-refractivity contribution in [3.05, 3.63) is 36.5 Å². The van der Waals surface area contributed by atoms with Crippen LogP contribution in [0.5, 0.6) is 0 Å². The summed E-state index contributed by atoms with van der Waals surface area (Å²) < 4.78 is 0. The largest absolute Gasteiger partial charge is 0.481 e. The summed E-state index contributed by atoms with van der Waals surface area (Å²) in [7, 11) is 0. The number of aliphatic carboxylic acids is 1. The van der Waals surface area contributed by atoms with Gasteiger partial charge in [0.15, 0.2) is 0 Å². The molecule has 100 valence electrons. The van der Waals surface area contributed by atoms with Gasteiger partial charge in [0.1, 0.15) is 5.82 Å². The zero-order valence-corrected chi connectivity index (χ0v) is 11.1. The van der Waals surface area contributed by atoms with E-state index < -0.39 is 11.9 Å². The van der Waals surface area contributed by atoms with Crippen molar-refractivity contribution in [2.75, 3.05) is 11.9 Å². The Balaban J connectivity index is 2.20. The first-order valence-electron chi connectivity index (χ1n) is 6.40. The van der Waals surface area contributed by atoms with Crippen molar-refractivity contribution in [1.29, 1.82) is 0 Å². The minimum absolute atomic E-state index is 0.0833. The Bertz CT molecular complexity index is 576. The molecule has 0 aliphatic rings. The molecule has 0 spiro atoms. The van der Waals surface area contributed by atoms with Crippen molar-refractivity contribution in [1.82, 2.24) is 4.98 Å². The smallest absolute Gasteiger partial charge is 0.308 e. The number of anilines is 1. The van der Waals surface area contributed by atoms with Gasteiger partial charge in [-0.25, -0.2) is 4.98 Å². The molecule has 1 aromatic carbocycles. The molecule has 2 aromatic rings. The topological polar surface area (TPSA) is 62.2 Å². The molecule has 0 aliphatic heterocycles. The quantitative estimate of drug-likeness (QED) is 0.865. The van der Waals surface area contributed by atoms with E-state index in [0.29, 0.717) is 6.54 Å². The number of hydrogen-bond acceptors (Lipinski definition) is 3. The highest BCUT2D eigenvalue weighted by atomic mass is 16.4. The van der Waals surface area contributed by atoms with Gasteiger partial charge in [0.05, 0.1) is 5.92 Å². The van der Waals surface area contributed by atoms with Crippen LogP contribution in [-0.4, -0.2) is 22.6 Å². The number of carbonyl (C=O) groups is 1. The lowest BCUT2D eigenvalue weighted by Crippen LogP contribution is -2.27. The normalized spacial score (nSPS) is 12.6. The summed E-state index contributed by atoms with van der Waals surface area (Å²) >= 11 is 0. The van der Waals surface area contributed by atoms with E-state index in [1.165, 1.54) is 0 Å². The monoisotopic (exact) mass is 258 g/mol. The lowest BCUT2D eigenvalue weighted by atomic mass is 9.96. The van der Waals surface area contributed by atoms with Gasteiger partial charge in [-0.05, 0) is 17.4 Å². The summed E-state index contributed by atoms with van der Waals surface area (Å²) in [5.41, 5.74) is 0. The van der Waals surface area contributed by atoms with Crippen molar-refractivity contribution >= 4 is 22.6 Å². The van der Waals surface area contributed by atoms with Gasteiger partial charge in [-0.1, -0.05) is 38.1 Å². The first-order chi connectivity index (χ1) is 9.09. The van der Waals surface area contributed by atoms with Gasteiger partial charge in [0, 0.05) is 18.1 Å². The number of carboxylic acids is 1. The van der Waals surface area contributed by atoms with E-state index in [4.69, 9.17) is 0 Å². The number of pyridine rings is 1. The summed E-state index contributed by atoms with van der Waals surface area (Å²) in [4.78, 5) is 15.5. The molecule has 19 heavy (non-hydrogen) atoms. The van der Waals surface area contributed by atoms with Gasteiger partial charge >= 0.3 is 5.97 Å². The lowest BCUT2D eigenvalue weighted by Gasteiger charge is -2.17. The van der Waals surface area contributed by atoms with Gasteiger partial charge in [-0.2, -0.15) is 0 Å². The molecule has 2 rings (SSSR count). The van der Waals surface area contributed by atoms with Crippen molar-refractivity contribution < 1.29 is 9.90 Å². The van der Waals surface area contributed by atoms with Gasteiger partial charge in [-0.3, -0.25) is 4.79 Å². The van der Waals surface area contributed by atoms with Gasteiger partial charge in [0.2, 0.25) is 0 Å². The SMILES string of the molecule is CC(C)C(CNc1nccc2ccccc12)C(=O)O. The maximum absolute atomic E-state index is 11.2. The van der Waals surface area contributed by atoms with Crippen LogP contribution in [0, 0.1) is 11.8 Å². The predicted molar refractivity (Wildman–Crippen MR) is 76.2 cm³/mol. The second-order valence-electron chi connectivity index (χ2n) is 4.95. The first kappa shape index (κ1) is 13.3. The predicted octanol–water partition coefficient (Wildman–Crippen LogP) is 3.00. The third kappa shape index (κ3) is 3.02. The number of aromatic nitrogens is 1. The molecule has 4 nitrogen and oxygen atoms in total. The molecule has 1 aromatic heterocycles. The third-order valence-corrected chi connectivity index (χ3v) is 3.28. The average molecular weight is 258 g/mol. The Morgan fingerprint density at radius 3 is 2.74 bits per heavy atom. The third-order valence-electron chi connectivity index (χ3n) is 3.28. The molecule has 0 aliphatic carbocycles. The number of rotatable bonds is 5. The highest BCUT2D eigenvalue weighted by Gasteiger charge is 2.21.